The third kappa shape index (κ3) is 3.55. The first kappa shape index (κ1) is 15.4. The van der Waals surface area contributed by atoms with Crippen molar-refractivity contribution < 1.29 is 13.7 Å². The van der Waals surface area contributed by atoms with E-state index in [4.69, 9.17) is 0 Å². The number of benzene rings is 2. The van der Waals surface area contributed by atoms with Crippen LogP contribution in [0.4, 0.5) is 20.2 Å². The molecule has 1 unspecified atom stereocenters. The second-order valence-corrected chi connectivity index (χ2v) is 5.37. The molecule has 0 spiro atoms. The Labute approximate surface area is 128 Å². The summed E-state index contributed by atoms with van der Waals surface area (Å²) in [4.78, 5) is 9.70. The molecule has 1 N–H and O–H groups in total. The van der Waals surface area contributed by atoms with Gasteiger partial charge in [-0.25, -0.2) is 8.78 Å². The Balaban J connectivity index is 2.27. The Bertz CT molecular complexity index is 654. The molecule has 2 aromatic rings. The van der Waals surface area contributed by atoms with Crippen LogP contribution < -0.4 is 5.32 Å². The fraction of sp³-hybridized carbons (Fsp3) is 0.143. The minimum absolute atomic E-state index is 0.358. The molecule has 0 saturated heterocycles. The molecule has 0 heterocycles. The number of anilines is 1. The SMILES string of the molecule is CC(Nc1c(F)cc([N+](=O)[O-])cc1F)c1ccc(Br)cc1. The normalized spacial score (nSPS) is 12.0. The quantitative estimate of drug-likeness (QED) is 0.631. The van der Waals surface area contributed by atoms with Crippen LogP contribution in [0.2, 0.25) is 0 Å². The largest absolute Gasteiger partial charge is 0.374 e. The van der Waals surface area contributed by atoms with Crippen LogP contribution in [-0.2, 0) is 0 Å². The number of nitro benzene ring substituents is 1. The summed E-state index contributed by atoms with van der Waals surface area (Å²) < 4.78 is 28.5. The van der Waals surface area contributed by atoms with Crippen molar-refractivity contribution in [1.82, 2.24) is 0 Å². The van der Waals surface area contributed by atoms with Crippen molar-refractivity contribution in [2.45, 2.75) is 13.0 Å². The molecule has 21 heavy (non-hydrogen) atoms. The molecule has 110 valence electrons. The lowest BCUT2D eigenvalue weighted by atomic mass is 10.1. The molecular formula is C14H11BrF2N2O2. The fourth-order valence-electron chi connectivity index (χ4n) is 1.85. The lowest BCUT2D eigenvalue weighted by Gasteiger charge is -2.16. The van der Waals surface area contributed by atoms with E-state index >= 15 is 0 Å². The average molecular weight is 357 g/mol. The van der Waals surface area contributed by atoms with Gasteiger partial charge in [-0.2, -0.15) is 0 Å². The van der Waals surface area contributed by atoms with E-state index in [1.807, 2.05) is 24.3 Å². The predicted molar refractivity (Wildman–Crippen MR) is 79.2 cm³/mol. The van der Waals surface area contributed by atoms with E-state index in [-0.39, 0.29) is 11.7 Å². The van der Waals surface area contributed by atoms with Crippen LogP contribution in [0.25, 0.3) is 0 Å². The van der Waals surface area contributed by atoms with Crippen LogP contribution in [0.5, 0.6) is 0 Å². The van der Waals surface area contributed by atoms with Gasteiger partial charge in [0.15, 0.2) is 11.6 Å². The summed E-state index contributed by atoms with van der Waals surface area (Å²) in [6, 6.07) is 8.28. The summed E-state index contributed by atoms with van der Waals surface area (Å²) in [7, 11) is 0. The Hall–Kier alpha value is -2.02. The smallest absolute Gasteiger partial charge is 0.275 e. The minimum atomic E-state index is -0.995. The molecule has 0 fully saturated rings. The first-order valence-corrected chi connectivity index (χ1v) is 6.83. The molecule has 0 amide bonds. The van der Waals surface area contributed by atoms with Crippen LogP contribution in [0.1, 0.15) is 18.5 Å². The molecule has 0 bridgehead atoms. The summed E-state index contributed by atoms with van der Waals surface area (Å²) >= 11 is 3.30. The summed E-state index contributed by atoms with van der Waals surface area (Å²) in [6.07, 6.45) is 0. The Morgan fingerprint density at radius 1 is 1.19 bits per heavy atom. The van der Waals surface area contributed by atoms with E-state index in [9.17, 15) is 18.9 Å². The van der Waals surface area contributed by atoms with Gasteiger partial charge in [-0.15, -0.1) is 0 Å². The molecule has 1 atom stereocenters. The summed E-state index contributed by atoms with van der Waals surface area (Å²) in [5.74, 6) is -1.99. The maximum absolute atomic E-state index is 13.8. The zero-order chi connectivity index (χ0) is 15.6. The Morgan fingerprint density at radius 2 is 1.71 bits per heavy atom. The number of halogens is 3. The lowest BCUT2D eigenvalue weighted by molar-refractivity contribution is -0.385. The van der Waals surface area contributed by atoms with Crippen LogP contribution in [0.15, 0.2) is 40.9 Å². The highest BCUT2D eigenvalue weighted by molar-refractivity contribution is 9.10. The van der Waals surface area contributed by atoms with E-state index in [2.05, 4.69) is 21.2 Å². The molecule has 0 aliphatic carbocycles. The highest BCUT2D eigenvalue weighted by Crippen LogP contribution is 2.28. The standard InChI is InChI=1S/C14H11BrF2N2O2/c1-8(9-2-4-10(15)5-3-9)18-14-12(16)6-11(19(20)21)7-13(14)17/h2-8,18H,1H3. The van der Waals surface area contributed by atoms with Crippen molar-refractivity contribution in [3.8, 4) is 0 Å². The number of nitrogens with one attached hydrogen (secondary N) is 1. The summed E-state index contributed by atoms with van der Waals surface area (Å²) in [5.41, 5.74) is -0.168. The van der Waals surface area contributed by atoms with Crippen molar-refractivity contribution >= 4 is 27.3 Å². The highest BCUT2D eigenvalue weighted by Gasteiger charge is 2.18. The second-order valence-electron chi connectivity index (χ2n) is 4.46. The molecule has 0 aromatic heterocycles. The number of hydrogen-bond donors (Lipinski definition) is 1. The van der Waals surface area contributed by atoms with Crippen LogP contribution in [0.3, 0.4) is 0 Å². The van der Waals surface area contributed by atoms with Gasteiger partial charge in [0.25, 0.3) is 5.69 Å². The Morgan fingerprint density at radius 3 is 2.19 bits per heavy atom. The van der Waals surface area contributed by atoms with Gasteiger partial charge in [-0.3, -0.25) is 10.1 Å². The van der Waals surface area contributed by atoms with E-state index in [0.717, 1.165) is 10.0 Å². The number of nitro groups is 1. The van der Waals surface area contributed by atoms with Gasteiger partial charge in [0, 0.05) is 10.5 Å². The van der Waals surface area contributed by atoms with Gasteiger partial charge in [0.05, 0.1) is 17.1 Å². The number of nitrogens with zero attached hydrogens (tertiary/aromatic N) is 1. The molecule has 0 aliphatic rings. The average Bonchev–Trinajstić information content (AvgIpc) is 2.43. The summed E-state index contributed by atoms with van der Waals surface area (Å²) in [5, 5.41) is 13.2. The van der Waals surface area contributed by atoms with E-state index in [0.29, 0.717) is 12.1 Å². The molecule has 0 aliphatic heterocycles. The molecule has 2 aromatic carbocycles. The van der Waals surface area contributed by atoms with E-state index in [1.54, 1.807) is 6.92 Å². The van der Waals surface area contributed by atoms with Crippen LogP contribution in [0, 0.1) is 21.7 Å². The van der Waals surface area contributed by atoms with Crippen LogP contribution >= 0.6 is 15.9 Å². The fourth-order valence-corrected chi connectivity index (χ4v) is 2.12. The monoisotopic (exact) mass is 356 g/mol. The molecule has 0 radical (unpaired) electrons. The van der Waals surface area contributed by atoms with Crippen molar-refractivity contribution in [2.75, 3.05) is 5.32 Å². The van der Waals surface area contributed by atoms with Crippen molar-refractivity contribution in [1.29, 1.82) is 0 Å². The van der Waals surface area contributed by atoms with Crippen LogP contribution in [-0.4, -0.2) is 4.92 Å². The highest BCUT2D eigenvalue weighted by atomic mass is 79.9. The maximum atomic E-state index is 13.8. The molecule has 4 nitrogen and oxygen atoms in total. The van der Waals surface area contributed by atoms with Gasteiger partial charge >= 0.3 is 0 Å². The minimum Gasteiger partial charge on any atom is -0.374 e. The number of rotatable bonds is 4. The van der Waals surface area contributed by atoms with Crippen molar-refractivity contribution in [3.05, 3.63) is 68.2 Å². The predicted octanol–water partition coefficient (Wildman–Crippen LogP) is 4.81. The van der Waals surface area contributed by atoms with Gasteiger partial charge in [-0.1, -0.05) is 28.1 Å². The number of non-ortho nitro benzene ring substituents is 1. The molecule has 2 rings (SSSR count). The third-order valence-corrected chi connectivity index (χ3v) is 3.50. The first-order valence-electron chi connectivity index (χ1n) is 6.04. The summed E-state index contributed by atoms with van der Waals surface area (Å²) in [6.45, 7) is 1.74. The van der Waals surface area contributed by atoms with Gasteiger partial charge in [0.2, 0.25) is 0 Å². The zero-order valence-corrected chi connectivity index (χ0v) is 12.5. The molecule has 0 saturated carbocycles. The Kier molecular flexibility index (Phi) is 4.52. The number of hydrogen-bond acceptors (Lipinski definition) is 3. The van der Waals surface area contributed by atoms with Crippen molar-refractivity contribution in [2.24, 2.45) is 0 Å². The molecule has 7 heteroatoms. The third-order valence-electron chi connectivity index (χ3n) is 2.97. The zero-order valence-electron chi connectivity index (χ0n) is 10.9. The van der Waals surface area contributed by atoms with Gasteiger partial charge in [-0.05, 0) is 24.6 Å². The van der Waals surface area contributed by atoms with Gasteiger partial charge < -0.3 is 5.32 Å². The van der Waals surface area contributed by atoms with E-state index in [1.165, 1.54) is 0 Å². The first-order chi connectivity index (χ1) is 9.88. The molecular weight excluding hydrogens is 346 g/mol. The lowest BCUT2D eigenvalue weighted by Crippen LogP contribution is -2.10. The van der Waals surface area contributed by atoms with E-state index < -0.39 is 22.2 Å². The maximum Gasteiger partial charge on any atom is 0.275 e. The van der Waals surface area contributed by atoms with Gasteiger partial charge in [0.1, 0.15) is 5.69 Å². The van der Waals surface area contributed by atoms with Crippen molar-refractivity contribution in [3.63, 3.8) is 0 Å². The topological polar surface area (TPSA) is 55.2 Å². The second kappa shape index (κ2) is 6.17.